The highest BCUT2D eigenvalue weighted by Crippen LogP contribution is 2.16. The lowest BCUT2D eigenvalue weighted by molar-refractivity contribution is -0.152. The van der Waals surface area contributed by atoms with Crippen LogP contribution in [0.4, 0.5) is 13.2 Å². The van der Waals surface area contributed by atoms with Gasteiger partial charge in [0, 0.05) is 0 Å². The van der Waals surface area contributed by atoms with Crippen LogP contribution in [-0.2, 0) is 14.3 Å². The monoisotopic (exact) mass is 260 g/mol. The Balaban J connectivity index is 3.96. The molecule has 0 amide bonds. The van der Waals surface area contributed by atoms with Crippen molar-refractivity contribution in [1.29, 1.82) is 0 Å². The molecule has 0 atom stereocenters. The first kappa shape index (κ1) is 15.4. The summed E-state index contributed by atoms with van der Waals surface area (Å²) in [4.78, 5) is 0. The molecule has 0 aromatic heterocycles. The van der Waals surface area contributed by atoms with Crippen LogP contribution in [0.25, 0.3) is 0 Å². The molecule has 0 aliphatic heterocycles. The van der Waals surface area contributed by atoms with Gasteiger partial charge in [0.1, 0.15) is 0 Å². The molecule has 0 unspecified atom stereocenters. The zero-order valence-corrected chi connectivity index (χ0v) is 9.77. The van der Waals surface area contributed by atoms with Crippen LogP contribution in [0.5, 0.6) is 0 Å². The fourth-order valence-corrected chi connectivity index (χ4v) is 1.63. The molecule has 96 valence electrons. The maximum Gasteiger partial charge on any atom is 0.413 e. The Labute approximate surface area is 93.4 Å². The summed E-state index contributed by atoms with van der Waals surface area (Å²) in [7, 11) is -4.20. The van der Waals surface area contributed by atoms with Gasteiger partial charge in [-0.2, -0.15) is 21.6 Å². The molecule has 0 spiro atoms. The molecule has 0 heterocycles. The van der Waals surface area contributed by atoms with Crippen LogP contribution < -0.4 is 0 Å². The third-order valence-electron chi connectivity index (χ3n) is 1.62. The molecule has 0 aliphatic carbocycles. The average Bonchev–Trinajstić information content (AvgIpc) is 2.14. The second kappa shape index (κ2) is 6.90. The second-order valence-electron chi connectivity index (χ2n) is 3.24. The summed E-state index contributed by atoms with van der Waals surface area (Å²) < 4.78 is 60.5. The molecule has 0 aliphatic rings. The van der Waals surface area contributed by atoms with E-state index in [0.717, 1.165) is 19.3 Å². The number of alkyl halides is 3. The van der Waals surface area contributed by atoms with Gasteiger partial charge < -0.3 is 0 Å². The predicted octanol–water partition coefficient (Wildman–Crippen LogP) is 2.99. The Morgan fingerprint density at radius 3 is 2.38 bits per heavy atom. The number of halogens is 3. The molecule has 0 saturated carbocycles. The topological polar surface area (TPSA) is 43.4 Å². The van der Waals surface area contributed by atoms with Crippen molar-refractivity contribution in [2.24, 2.45) is 0 Å². The van der Waals surface area contributed by atoms with E-state index in [9.17, 15) is 21.6 Å². The van der Waals surface area contributed by atoms with Crippen LogP contribution in [0.15, 0.2) is 11.5 Å². The van der Waals surface area contributed by atoms with E-state index < -0.39 is 22.9 Å². The van der Waals surface area contributed by atoms with E-state index in [2.05, 4.69) is 4.18 Å². The van der Waals surface area contributed by atoms with Crippen molar-refractivity contribution in [3.05, 3.63) is 11.5 Å². The van der Waals surface area contributed by atoms with Crippen molar-refractivity contribution in [1.82, 2.24) is 0 Å². The molecule has 0 bridgehead atoms. The summed E-state index contributed by atoms with van der Waals surface area (Å²) in [5.41, 5.74) is 0. The molecule has 0 aromatic carbocycles. The fraction of sp³-hybridized carbons (Fsp3) is 0.778. The van der Waals surface area contributed by atoms with Crippen molar-refractivity contribution < 1.29 is 25.8 Å². The molecule has 0 aromatic rings. The fourth-order valence-electron chi connectivity index (χ4n) is 0.886. The Hall–Kier alpha value is -0.560. The van der Waals surface area contributed by atoms with Gasteiger partial charge in [0.15, 0.2) is 6.61 Å². The Morgan fingerprint density at radius 2 is 1.88 bits per heavy atom. The molecule has 0 fully saturated rings. The maximum atomic E-state index is 11.7. The quantitative estimate of drug-likeness (QED) is 0.522. The highest BCUT2D eigenvalue weighted by Gasteiger charge is 2.30. The molecule has 0 radical (unpaired) electrons. The minimum atomic E-state index is -4.64. The zero-order chi connectivity index (χ0) is 12.7. The lowest BCUT2D eigenvalue weighted by atomic mass is 10.2. The standard InChI is InChI=1S/C9H15F3O3S/c1-2-3-4-5-6-7-16(13,14)15-8-9(10,11)12/h6-7H,2-5,8H2,1H3. The minimum absolute atomic E-state index is 0.516. The van der Waals surface area contributed by atoms with E-state index in [1.807, 2.05) is 6.92 Å². The van der Waals surface area contributed by atoms with Crippen LogP contribution in [0.1, 0.15) is 32.6 Å². The van der Waals surface area contributed by atoms with Gasteiger partial charge in [-0.1, -0.05) is 25.8 Å². The molecule has 16 heavy (non-hydrogen) atoms. The smallest absolute Gasteiger partial charge is 0.257 e. The van der Waals surface area contributed by atoms with E-state index in [4.69, 9.17) is 0 Å². The van der Waals surface area contributed by atoms with Crippen LogP contribution in [0.2, 0.25) is 0 Å². The van der Waals surface area contributed by atoms with E-state index in [1.165, 1.54) is 6.08 Å². The Kier molecular flexibility index (Phi) is 6.66. The lowest BCUT2D eigenvalue weighted by Gasteiger charge is -2.05. The number of hydrogen-bond acceptors (Lipinski definition) is 3. The van der Waals surface area contributed by atoms with Crippen LogP contribution in [0, 0.1) is 0 Å². The number of hydrogen-bond donors (Lipinski definition) is 0. The molecule has 3 nitrogen and oxygen atoms in total. The normalized spacial score (nSPS) is 13.5. The number of allylic oxidation sites excluding steroid dienone is 1. The van der Waals surface area contributed by atoms with Crippen molar-refractivity contribution in [3.8, 4) is 0 Å². The summed E-state index contributed by atoms with van der Waals surface area (Å²) in [6.07, 6.45) is -0.0618. The van der Waals surface area contributed by atoms with E-state index in [1.54, 1.807) is 0 Å². The molecule has 0 N–H and O–H groups in total. The summed E-state index contributed by atoms with van der Waals surface area (Å²) >= 11 is 0. The number of unbranched alkanes of at least 4 members (excludes halogenated alkanes) is 3. The third kappa shape index (κ3) is 9.97. The average molecular weight is 260 g/mol. The molecular formula is C9H15F3O3S. The van der Waals surface area contributed by atoms with Gasteiger partial charge in [0.05, 0.1) is 5.41 Å². The SMILES string of the molecule is CCCCCC=CS(=O)(=O)OCC(F)(F)F. The van der Waals surface area contributed by atoms with Crippen molar-refractivity contribution >= 4 is 10.1 Å². The zero-order valence-electron chi connectivity index (χ0n) is 8.96. The van der Waals surface area contributed by atoms with Crippen LogP contribution >= 0.6 is 0 Å². The van der Waals surface area contributed by atoms with Gasteiger partial charge in [0.25, 0.3) is 10.1 Å². The first-order valence-electron chi connectivity index (χ1n) is 4.89. The Morgan fingerprint density at radius 1 is 1.25 bits per heavy atom. The third-order valence-corrected chi connectivity index (χ3v) is 2.60. The van der Waals surface area contributed by atoms with Crippen LogP contribution in [-0.4, -0.2) is 21.2 Å². The van der Waals surface area contributed by atoms with Crippen LogP contribution in [0.3, 0.4) is 0 Å². The van der Waals surface area contributed by atoms with Gasteiger partial charge in [-0.15, -0.1) is 0 Å². The minimum Gasteiger partial charge on any atom is -0.257 e. The van der Waals surface area contributed by atoms with Gasteiger partial charge in [-0.05, 0) is 12.8 Å². The van der Waals surface area contributed by atoms with Gasteiger partial charge in [-0.25, -0.2) is 0 Å². The van der Waals surface area contributed by atoms with Crippen molar-refractivity contribution in [3.63, 3.8) is 0 Å². The van der Waals surface area contributed by atoms with Crippen molar-refractivity contribution in [2.45, 2.75) is 38.8 Å². The summed E-state index contributed by atoms with van der Waals surface area (Å²) in [6.45, 7) is 0.210. The first-order valence-corrected chi connectivity index (χ1v) is 6.36. The van der Waals surface area contributed by atoms with E-state index in [-0.39, 0.29) is 0 Å². The maximum absolute atomic E-state index is 11.7. The number of rotatable bonds is 7. The lowest BCUT2D eigenvalue weighted by Crippen LogP contribution is -2.19. The molecule has 7 heteroatoms. The van der Waals surface area contributed by atoms with Gasteiger partial charge in [-0.3, -0.25) is 4.18 Å². The first-order chi connectivity index (χ1) is 7.27. The summed E-state index contributed by atoms with van der Waals surface area (Å²) in [6, 6.07) is 0. The summed E-state index contributed by atoms with van der Waals surface area (Å²) in [5.74, 6) is 0. The Bertz CT molecular complexity index is 306. The second-order valence-corrected chi connectivity index (χ2v) is 4.73. The predicted molar refractivity (Wildman–Crippen MR) is 54.2 cm³/mol. The highest BCUT2D eigenvalue weighted by molar-refractivity contribution is 7.89. The molecule has 0 saturated heterocycles. The summed E-state index contributed by atoms with van der Waals surface area (Å²) in [5, 5.41) is 0.675. The van der Waals surface area contributed by atoms with E-state index in [0.29, 0.717) is 11.8 Å². The van der Waals surface area contributed by atoms with Gasteiger partial charge in [0.2, 0.25) is 0 Å². The highest BCUT2D eigenvalue weighted by atomic mass is 32.2. The molecule has 0 rings (SSSR count). The van der Waals surface area contributed by atoms with E-state index >= 15 is 0 Å². The molecular weight excluding hydrogens is 245 g/mol. The largest absolute Gasteiger partial charge is 0.413 e. The van der Waals surface area contributed by atoms with Gasteiger partial charge >= 0.3 is 6.18 Å². The van der Waals surface area contributed by atoms with Crippen molar-refractivity contribution in [2.75, 3.05) is 6.61 Å².